The maximum atomic E-state index is 13.3. The van der Waals surface area contributed by atoms with Crippen LogP contribution in [0.3, 0.4) is 0 Å². The number of anilines is 1. The molecule has 4 rings (SSSR count). The summed E-state index contributed by atoms with van der Waals surface area (Å²) in [4.78, 5) is 25.1. The van der Waals surface area contributed by atoms with Crippen LogP contribution in [0, 0.1) is 17.1 Å². The summed E-state index contributed by atoms with van der Waals surface area (Å²) < 4.78 is 13.3. The standard InChI is InChI=1S/C21H13FN2O3S/c22-14-7-5-13(6-8-14)17-18-19(28-20(17)21(26)27)15(9-16(25)24-18)12-3-1-11(10-23)2-4-12/h1-8,15H,9H2,(H,24,25)(H,26,27)/t15-/m0/s1. The van der Waals surface area contributed by atoms with E-state index in [-0.39, 0.29) is 23.1 Å². The third-order valence-corrected chi connectivity index (χ3v) is 5.97. The molecule has 7 heteroatoms. The SMILES string of the molecule is N#Cc1ccc([C@@H]2CC(=O)Nc3c2sc(C(=O)O)c3-c2ccc(F)cc2)cc1. The Hall–Kier alpha value is -3.50. The second-order valence-electron chi connectivity index (χ2n) is 6.40. The smallest absolute Gasteiger partial charge is 0.346 e. The van der Waals surface area contributed by atoms with E-state index in [1.165, 1.54) is 24.3 Å². The van der Waals surface area contributed by atoms with Crippen molar-refractivity contribution in [2.45, 2.75) is 12.3 Å². The molecule has 28 heavy (non-hydrogen) atoms. The minimum Gasteiger partial charge on any atom is -0.477 e. The van der Waals surface area contributed by atoms with Gasteiger partial charge in [0.2, 0.25) is 5.91 Å². The van der Waals surface area contributed by atoms with Crippen LogP contribution in [0.2, 0.25) is 0 Å². The Morgan fingerprint density at radius 2 is 1.86 bits per heavy atom. The predicted molar refractivity (Wildman–Crippen MR) is 103 cm³/mol. The maximum Gasteiger partial charge on any atom is 0.346 e. The van der Waals surface area contributed by atoms with E-state index in [1.807, 2.05) is 0 Å². The molecule has 0 unspecified atom stereocenters. The van der Waals surface area contributed by atoms with Crippen molar-refractivity contribution < 1.29 is 19.1 Å². The van der Waals surface area contributed by atoms with E-state index in [4.69, 9.17) is 5.26 Å². The number of hydrogen-bond acceptors (Lipinski definition) is 4. The number of carboxylic acids is 1. The molecule has 1 amide bonds. The number of benzene rings is 2. The van der Waals surface area contributed by atoms with Crippen molar-refractivity contribution in [3.63, 3.8) is 0 Å². The number of thiophene rings is 1. The third-order valence-electron chi connectivity index (χ3n) is 4.68. The zero-order valence-corrected chi connectivity index (χ0v) is 15.2. The van der Waals surface area contributed by atoms with Gasteiger partial charge < -0.3 is 10.4 Å². The van der Waals surface area contributed by atoms with E-state index in [0.29, 0.717) is 22.4 Å². The first-order chi connectivity index (χ1) is 13.5. The van der Waals surface area contributed by atoms with Gasteiger partial charge in [-0.25, -0.2) is 9.18 Å². The number of amides is 1. The molecule has 1 aliphatic rings. The summed E-state index contributed by atoms with van der Waals surface area (Å²) in [5.74, 6) is -2.07. The van der Waals surface area contributed by atoms with Crippen molar-refractivity contribution in [1.82, 2.24) is 0 Å². The van der Waals surface area contributed by atoms with Gasteiger partial charge >= 0.3 is 5.97 Å². The third kappa shape index (κ3) is 3.04. The van der Waals surface area contributed by atoms with Crippen molar-refractivity contribution in [3.8, 4) is 17.2 Å². The van der Waals surface area contributed by atoms with Crippen molar-refractivity contribution in [2.75, 3.05) is 5.32 Å². The van der Waals surface area contributed by atoms with Crippen LogP contribution >= 0.6 is 11.3 Å². The molecule has 1 aromatic heterocycles. The number of hydrogen-bond donors (Lipinski definition) is 2. The molecule has 2 aromatic carbocycles. The molecule has 0 fully saturated rings. The minimum absolute atomic E-state index is 0.0949. The molecule has 0 saturated carbocycles. The van der Waals surface area contributed by atoms with Gasteiger partial charge in [0.25, 0.3) is 0 Å². The highest BCUT2D eigenvalue weighted by atomic mass is 32.1. The summed E-state index contributed by atoms with van der Waals surface area (Å²) in [6, 6.07) is 14.5. The molecule has 2 N–H and O–H groups in total. The number of nitriles is 1. The zero-order valence-electron chi connectivity index (χ0n) is 14.4. The van der Waals surface area contributed by atoms with E-state index in [0.717, 1.165) is 21.8 Å². The van der Waals surface area contributed by atoms with Crippen molar-refractivity contribution in [3.05, 3.63) is 75.2 Å². The van der Waals surface area contributed by atoms with Gasteiger partial charge in [0.1, 0.15) is 10.7 Å². The molecule has 0 aliphatic carbocycles. The molecule has 0 saturated heterocycles. The number of fused-ring (bicyclic) bond motifs is 1. The van der Waals surface area contributed by atoms with Gasteiger partial charge in [-0.05, 0) is 35.4 Å². The molecule has 3 aromatic rings. The molecular formula is C21H13FN2O3S. The minimum atomic E-state index is -1.11. The number of carbonyl (C=O) groups excluding carboxylic acids is 1. The molecule has 5 nitrogen and oxygen atoms in total. The fourth-order valence-electron chi connectivity index (χ4n) is 3.39. The van der Waals surface area contributed by atoms with Crippen LogP contribution in [0.25, 0.3) is 11.1 Å². The molecule has 2 heterocycles. The summed E-state index contributed by atoms with van der Waals surface area (Å²) in [5, 5.41) is 21.5. The Balaban J connectivity index is 1.90. The van der Waals surface area contributed by atoms with E-state index in [1.54, 1.807) is 24.3 Å². The zero-order chi connectivity index (χ0) is 19.8. The van der Waals surface area contributed by atoms with Crippen LogP contribution in [0.15, 0.2) is 48.5 Å². The van der Waals surface area contributed by atoms with Gasteiger partial charge in [-0.15, -0.1) is 11.3 Å². The van der Waals surface area contributed by atoms with Gasteiger partial charge in [-0.3, -0.25) is 4.79 Å². The lowest BCUT2D eigenvalue weighted by atomic mass is 9.88. The summed E-state index contributed by atoms with van der Waals surface area (Å²) in [5.41, 5.74) is 2.71. The lowest BCUT2D eigenvalue weighted by Crippen LogP contribution is -2.22. The predicted octanol–water partition coefficient (Wildman–Crippen LogP) is 4.60. The highest BCUT2D eigenvalue weighted by Crippen LogP contribution is 2.49. The molecule has 0 radical (unpaired) electrons. The Morgan fingerprint density at radius 1 is 1.18 bits per heavy atom. The fraction of sp³-hybridized carbons (Fsp3) is 0.0952. The monoisotopic (exact) mass is 392 g/mol. The number of nitrogens with one attached hydrogen (secondary N) is 1. The first-order valence-corrected chi connectivity index (χ1v) is 9.25. The second-order valence-corrected chi connectivity index (χ2v) is 7.45. The van der Waals surface area contributed by atoms with Crippen molar-refractivity contribution in [1.29, 1.82) is 5.26 Å². The first kappa shape index (κ1) is 17.9. The fourth-order valence-corrected chi connectivity index (χ4v) is 4.63. The largest absolute Gasteiger partial charge is 0.477 e. The van der Waals surface area contributed by atoms with E-state index in [2.05, 4.69) is 11.4 Å². The molecule has 0 spiro atoms. The normalized spacial score (nSPS) is 15.4. The van der Waals surface area contributed by atoms with E-state index >= 15 is 0 Å². The summed E-state index contributed by atoms with van der Waals surface area (Å²) in [6.45, 7) is 0. The van der Waals surface area contributed by atoms with Gasteiger partial charge in [0, 0.05) is 22.8 Å². The van der Waals surface area contributed by atoms with Crippen LogP contribution in [-0.2, 0) is 4.79 Å². The molecular weight excluding hydrogens is 379 g/mol. The maximum absolute atomic E-state index is 13.3. The lowest BCUT2D eigenvalue weighted by Gasteiger charge is -2.24. The number of rotatable bonds is 3. The topological polar surface area (TPSA) is 90.2 Å². The number of aromatic carboxylic acids is 1. The highest BCUT2D eigenvalue weighted by Gasteiger charge is 2.34. The Morgan fingerprint density at radius 3 is 2.46 bits per heavy atom. The molecule has 1 aliphatic heterocycles. The molecule has 138 valence electrons. The van der Waals surface area contributed by atoms with Gasteiger partial charge in [-0.2, -0.15) is 5.26 Å². The van der Waals surface area contributed by atoms with Gasteiger partial charge in [0.15, 0.2) is 0 Å². The van der Waals surface area contributed by atoms with Gasteiger partial charge in [0.05, 0.1) is 17.3 Å². The molecule has 1 atom stereocenters. The van der Waals surface area contributed by atoms with Crippen LogP contribution < -0.4 is 5.32 Å². The average Bonchev–Trinajstić information content (AvgIpc) is 3.07. The summed E-state index contributed by atoms with van der Waals surface area (Å²) in [7, 11) is 0. The van der Waals surface area contributed by atoms with Crippen molar-refractivity contribution >= 4 is 28.9 Å². The van der Waals surface area contributed by atoms with Crippen molar-refractivity contribution in [2.24, 2.45) is 0 Å². The summed E-state index contributed by atoms with van der Waals surface area (Å²) in [6.07, 6.45) is 0.182. The van der Waals surface area contributed by atoms with E-state index in [9.17, 15) is 19.1 Å². The molecule has 0 bridgehead atoms. The second kappa shape index (κ2) is 6.91. The number of halogens is 1. The van der Waals surface area contributed by atoms with Crippen LogP contribution in [0.1, 0.15) is 38.0 Å². The Bertz CT molecular complexity index is 1130. The van der Waals surface area contributed by atoms with Gasteiger partial charge in [-0.1, -0.05) is 24.3 Å². The van der Waals surface area contributed by atoms with Crippen LogP contribution in [0.4, 0.5) is 10.1 Å². The first-order valence-electron chi connectivity index (χ1n) is 8.43. The quantitative estimate of drug-likeness (QED) is 0.682. The Labute approximate surface area is 163 Å². The number of carboxylic acid groups (broad SMARTS) is 1. The Kier molecular flexibility index (Phi) is 4.41. The highest BCUT2D eigenvalue weighted by molar-refractivity contribution is 7.15. The summed E-state index contributed by atoms with van der Waals surface area (Å²) >= 11 is 1.11. The lowest BCUT2D eigenvalue weighted by molar-refractivity contribution is -0.116. The number of nitrogens with zero attached hydrogens (tertiary/aromatic N) is 1. The number of carbonyl (C=O) groups is 2. The van der Waals surface area contributed by atoms with Crippen LogP contribution in [-0.4, -0.2) is 17.0 Å². The van der Waals surface area contributed by atoms with Crippen LogP contribution in [0.5, 0.6) is 0 Å². The van der Waals surface area contributed by atoms with E-state index < -0.39 is 11.8 Å². The average molecular weight is 392 g/mol.